The van der Waals surface area contributed by atoms with Gasteiger partial charge in [-0.1, -0.05) is 35.0 Å². The van der Waals surface area contributed by atoms with Crippen LogP contribution in [0.5, 0.6) is 0 Å². The number of benzene rings is 1. The summed E-state index contributed by atoms with van der Waals surface area (Å²) in [6, 6.07) is 10.1. The number of hydrogen-bond donors (Lipinski definition) is 1. The number of fused-ring (bicyclic) bond motifs is 1. The normalized spacial score (nSPS) is 17.0. The highest BCUT2D eigenvalue weighted by Gasteiger charge is 2.27. The summed E-state index contributed by atoms with van der Waals surface area (Å²) in [5.41, 5.74) is 4.53. The molecule has 6 heteroatoms. The van der Waals surface area contributed by atoms with E-state index < -0.39 is 0 Å². The van der Waals surface area contributed by atoms with Crippen molar-refractivity contribution < 1.29 is 9.32 Å². The van der Waals surface area contributed by atoms with E-state index >= 15 is 0 Å². The monoisotopic (exact) mass is 350 g/mol. The molecule has 1 aliphatic rings. The van der Waals surface area contributed by atoms with E-state index in [9.17, 15) is 4.79 Å². The number of carbonyl (C=O) groups is 1. The van der Waals surface area contributed by atoms with Gasteiger partial charge in [0.25, 0.3) is 11.6 Å². The number of rotatable bonds is 3. The molecule has 4 rings (SSSR count). The lowest BCUT2D eigenvalue weighted by Gasteiger charge is -2.24. The molecule has 0 aliphatic carbocycles. The highest BCUT2D eigenvalue weighted by molar-refractivity contribution is 6.07. The Bertz CT molecular complexity index is 956. The van der Waals surface area contributed by atoms with Gasteiger partial charge in [0.1, 0.15) is 0 Å². The third kappa shape index (κ3) is 2.86. The number of nitrogens with one attached hydrogen (secondary N) is 1. The molecule has 0 saturated carbocycles. The lowest BCUT2D eigenvalue weighted by molar-refractivity contribution is 0.0745. The summed E-state index contributed by atoms with van der Waals surface area (Å²) in [5, 5.41) is 8.03. The Balaban J connectivity index is 1.82. The van der Waals surface area contributed by atoms with Crippen molar-refractivity contribution in [2.45, 2.75) is 26.3 Å². The van der Waals surface area contributed by atoms with Gasteiger partial charge in [-0.2, -0.15) is 0 Å². The Morgan fingerprint density at radius 3 is 2.73 bits per heavy atom. The van der Waals surface area contributed by atoms with Crippen LogP contribution in [0.2, 0.25) is 0 Å². The molecule has 3 aromatic rings. The van der Waals surface area contributed by atoms with Gasteiger partial charge in [-0.15, -0.1) is 0 Å². The molecular formula is C20H22N4O2. The summed E-state index contributed by atoms with van der Waals surface area (Å²) in [6.45, 7) is 5.64. The topological polar surface area (TPSA) is 71.3 Å². The Hall–Kier alpha value is -2.73. The smallest absolute Gasteiger partial charge is 0.259 e. The number of hydrogen-bond acceptors (Lipinski definition) is 5. The summed E-state index contributed by atoms with van der Waals surface area (Å²) >= 11 is 0. The van der Waals surface area contributed by atoms with Crippen molar-refractivity contribution in [3.05, 3.63) is 47.2 Å². The summed E-state index contributed by atoms with van der Waals surface area (Å²) in [5.74, 6) is -0.0224. The molecule has 26 heavy (non-hydrogen) atoms. The number of aryl methyl sites for hydroxylation is 2. The molecule has 134 valence electrons. The van der Waals surface area contributed by atoms with E-state index in [1.54, 1.807) is 0 Å². The first-order valence-corrected chi connectivity index (χ1v) is 8.86. The zero-order valence-electron chi connectivity index (χ0n) is 15.2. The molecule has 1 saturated heterocycles. The molecule has 1 aliphatic heterocycles. The summed E-state index contributed by atoms with van der Waals surface area (Å²) in [4.78, 5) is 19.6. The van der Waals surface area contributed by atoms with Gasteiger partial charge in [-0.25, -0.2) is 4.98 Å². The van der Waals surface area contributed by atoms with Crippen molar-refractivity contribution in [1.29, 1.82) is 0 Å². The molecule has 1 N–H and O–H groups in total. The van der Waals surface area contributed by atoms with E-state index in [0.29, 0.717) is 22.4 Å². The van der Waals surface area contributed by atoms with Gasteiger partial charge < -0.3 is 14.7 Å². The Morgan fingerprint density at radius 2 is 2.04 bits per heavy atom. The van der Waals surface area contributed by atoms with Gasteiger partial charge in [0, 0.05) is 25.2 Å². The third-order valence-corrected chi connectivity index (χ3v) is 5.10. The van der Waals surface area contributed by atoms with Gasteiger partial charge in [-0.3, -0.25) is 4.79 Å². The van der Waals surface area contributed by atoms with Crippen LogP contribution < -0.4 is 5.32 Å². The van der Waals surface area contributed by atoms with Crippen LogP contribution in [-0.4, -0.2) is 47.1 Å². The summed E-state index contributed by atoms with van der Waals surface area (Å²) < 4.78 is 5.39. The van der Waals surface area contributed by atoms with Crippen LogP contribution >= 0.6 is 0 Å². The van der Waals surface area contributed by atoms with Crippen LogP contribution in [0.4, 0.5) is 0 Å². The fraction of sp³-hybridized carbons (Fsp3) is 0.350. The number of pyridine rings is 1. The maximum Gasteiger partial charge on any atom is 0.259 e. The second kappa shape index (κ2) is 6.53. The fourth-order valence-corrected chi connectivity index (χ4v) is 3.46. The number of aromatic nitrogens is 2. The van der Waals surface area contributed by atoms with E-state index in [-0.39, 0.29) is 11.9 Å². The van der Waals surface area contributed by atoms with Crippen molar-refractivity contribution in [2.24, 2.45) is 0 Å². The molecule has 2 aromatic heterocycles. The zero-order valence-corrected chi connectivity index (χ0v) is 15.2. The van der Waals surface area contributed by atoms with E-state index in [1.165, 1.54) is 5.56 Å². The molecule has 3 heterocycles. The van der Waals surface area contributed by atoms with Gasteiger partial charge in [-0.05, 0) is 32.9 Å². The van der Waals surface area contributed by atoms with Gasteiger partial charge >= 0.3 is 0 Å². The Morgan fingerprint density at radius 1 is 1.27 bits per heavy atom. The minimum atomic E-state index is -0.0224. The number of nitrogens with zero attached hydrogens (tertiary/aromatic N) is 3. The minimum absolute atomic E-state index is 0.0224. The third-order valence-electron chi connectivity index (χ3n) is 5.10. The van der Waals surface area contributed by atoms with E-state index in [2.05, 4.69) is 15.5 Å². The average molecular weight is 350 g/mol. The predicted molar refractivity (Wildman–Crippen MR) is 100 cm³/mol. The lowest BCUT2D eigenvalue weighted by atomic mass is 10.0. The second-order valence-corrected chi connectivity index (χ2v) is 6.93. The van der Waals surface area contributed by atoms with E-state index in [1.807, 2.05) is 56.1 Å². The average Bonchev–Trinajstić information content (AvgIpc) is 3.31. The van der Waals surface area contributed by atoms with Crippen LogP contribution in [0, 0.1) is 13.8 Å². The highest BCUT2D eigenvalue weighted by Crippen LogP contribution is 2.28. The second-order valence-electron chi connectivity index (χ2n) is 6.93. The standard InChI is InChI=1S/C20H22N4O2/c1-12-4-6-14(7-5-12)17-10-16(18-13(2)23-26-19(18)22-17)20(25)24(3)15-8-9-21-11-15/h4-7,10,15,21H,8-9,11H2,1-3H3. The molecule has 1 fully saturated rings. The SMILES string of the molecule is Cc1ccc(-c2cc(C(=O)N(C)C3CCNC3)c3c(C)noc3n2)cc1. The minimum Gasteiger partial charge on any atom is -0.337 e. The first-order valence-electron chi connectivity index (χ1n) is 8.86. The number of likely N-dealkylation sites (N-methyl/N-ethyl adjacent to an activating group) is 1. The molecule has 1 atom stereocenters. The van der Waals surface area contributed by atoms with Gasteiger partial charge in [0.15, 0.2) is 0 Å². The number of amides is 1. The largest absolute Gasteiger partial charge is 0.337 e. The first kappa shape index (κ1) is 16.7. The summed E-state index contributed by atoms with van der Waals surface area (Å²) in [7, 11) is 1.86. The maximum atomic E-state index is 13.2. The van der Waals surface area contributed by atoms with Crippen molar-refractivity contribution in [1.82, 2.24) is 20.4 Å². The molecule has 0 radical (unpaired) electrons. The van der Waals surface area contributed by atoms with Crippen LogP contribution in [0.3, 0.4) is 0 Å². The van der Waals surface area contributed by atoms with Crippen LogP contribution in [-0.2, 0) is 0 Å². The highest BCUT2D eigenvalue weighted by atomic mass is 16.5. The lowest BCUT2D eigenvalue weighted by Crippen LogP contribution is -2.38. The van der Waals surface area contributed by atoms with Crippen molar-refractivity contribution in [2.75, 3.05) is 20.1 Å². The van der Waals surface area contributed by atoms with Crippen molar-refractivity contribution in [3.8, 4) is 11.3 Å². The molecule has 1 aromatic carbocycles. The maximum absolute atomic E-state index is 13.2. The fourth-order valence-electron chi connectivity index (χ4n) is 3.46. The Labute approximate surface area is 152 Å². The molecule has 1 unspecified atom stereocenters. The molecular weight excluding hydrogens is 328 g/mol. The van der Waals surface area contributed by atoms with Crippen LogP contribution in [0.25, 0.3) is 22.4 Å². The quantitative estimate of drug-likeness (QED) is 0.786. The van der Waals surface area contributed by atoms with Crippen molar-refractivity contribution in [3.63, 3.8) is 0 Å². The van der Waals surface area contributed by atoms with Crippen LogP contribution in [0.1, 0.15) is 28.0 Å². The molecule has 0 bridgehead atoms. The van der Waals surface area contributed by atoms with E-state index in [0.717, 1.165) is 30.8 Å². The Kier molecular flexibility index (Phi) is 4.20. The van der Waals surface area contributed by atoms with Crippen molar-refractivity contribution >= 4 is 17.0 Å². The first-order chi connectivity index (χ1) is 12.5. The van der Waals surface area contributed by atoms with Gasteiger partial charge in [0.2, 0.25) is 0 Å². The van der Waals surface area contributed by atoms with Gasteiger partial charge in [0.05, 0.1) is 22.3 Å². The molecule has 6 nitrogen and oxygen atoms in total. The van der Waals surface area contributed by atoms with E-state index in [4.69, 9.17) is 4.52 Å². The zero-order chi connectivity index (χ0) is 18.3. The van der Waals surface area contributed by atoms with Crippen LogP contribution in [0.15, 0.2) is 34.9 Å². The molecule has 1 amide bonds. The molecule has 0 spiro atoms. The predicted octanol–water partition coefficient (Wildman–Crippen LogP) is 2.94. The number of carbonyl (C=O) groups excluding carboxylic acids is 1. The summed E-state index contributed by atoms with van der Waals surface area (Å²) in [6.07, 6.45) is 0.962.